The maximum atomic E-state index is 14.6. The van der Waals surface area contributed by atoms with E-state index in [1.165, 1.54) is 23.1 Å². The summed E-state index contributed by atoms with van der Waals surface area (Å²) in [6, 6.07) is 22.7. The van der Waals surface area contributed by atoms with Crippen molar-refractivity contribution in [2.45, 2.75) is 18.9 Å². The maximum Gasteiger partial charge on any atom is 0.260 e. The van der Waals surface area contributed by atoms with Gasteiger partial charge in [-0.05, 0) is 36.1 Å². The number of amides is 2. The van der Waals surface area contributed by atoms with Crippen LogP contribution in [-0.4, -0.2) is 54.7 Å². The summed E-state index contributed by atoms with van der Waals surface area (Å²) in [5.41, 5.74) is 1.82. The van der Waals surface area contributed by atoms with Gasteiger partial charge >= 0.3 is 0 Å². The van der Waals surface area contributed by atoms with Crippen LogP contribution in [0.1, 0.15) is 21.5 Å². The van der Waals surface area contributed by atoms with Crippen molar-refractivity contribution in [2.24, 2.45) is 0 Å². The van der Waals surface area contributed by atoms with Gasteiger partial charge in [0.05, 0.1) is 12.6 Å². The summed E-state index contributed by atoms with van der Waals surface area (Å²) in [5.74, 6) is -1.72. The van der Waals surface area contributed by atoms with E-state index in [9.17, 15) is 19.1 Å². The highest BCUT2D eigenvalue weighted by molar-refractivity contribution is 5.97. The van der Waals surface area contributed by atoms with E-state index in [1.807, 2.05) is 60.7 Å². The van der Waals surface area contributed by atoms with Crippen LogP contribution < -0.4 is 10.1 Å². The quantitative estimate of drug-likeness (QED) is 0.457. The molecule has 0 aliphatic carbocycles. The van der Waals surface area contributed by atoms with Crippen LogP contribution in [0, 0.1) is 5.82 Å². The van der Waals surface area contributed by atoms with Crippen molar-refractivity contribution in [3.05, 3.63) is 101 Å². The van der Waals surface area contributed by atoms with Gasteiger partial charge in [0.1, 0.15) is 17.1 Å². The molecule has 7 heteroatoms. The Hall–Kier alpha value is -3.71. The van der Waals surface area contributed by atoms with Gasteiger partial charge in [0.15, 0.2) is 6.61 Å². The number of aliphatic hydroxyl groups excluding tert-OH is 1. The fourth-order valence-corrected chi connectivity index (χ4v) is 3.54. The highest BCUT2D eigenvalue weighted by Crippen LogP contribution is 2.23. The molecule has 2 N–H and O–H groups in total. The van der Waals surface area contributed by atoms with E-state index in [0.29, 0.717) is 19.4 Å². The summed E-state index contributed by atoms with van der Waals surface area (Å²) < 4.78 is 20.1. The van der Waals surface area contributed by atoms with E-state index in [2.05, 4.69) is 5.32 Å². The van der Waals surface area contributed by atoms with Gasteiger partial charge in [-0.15, -0.1) is 0 Å². The highest BCUT2D eigenvalue weighted by atomic mass is 19.1. The summed E-state index contributed by atoms with van der Waals surface area (Å²) in [6.07, 6.45) is 1.08. The number of ether oxygens (including phenoxy) is 1. The molecule has 6 nitrogen and oxygen atoms in total. The SMILES string of the molecule is CN(CCc1ccccc1)C(=O)c1c(F)cccc1OCC(=O)N[C@H](CO)Cc1ccccc1. The van der Waals surface area contributed by atoms with Gasteiger partial charge < -0.3 is 20.1 Å². The smallest absolute Gasteiger partial charge is 0.260 e. The molecule has 0 heterocycles. The Morgan fingerprint density at radius 3 is 2.26 bits per heavy atom. The van der Waals surface area contributed by atoms with E-state index in [1.54, 1.807) is 7.05 Å². The second-order valence-electron chi connectivity index (χ2n) is 8.00. The molecule has 0 aliphatic heterocycles. The lowest BCUT2D eigenvalue weighted by atomic mass is 10.1. The molecule has 178 valence electrons. The number of hydrogen-bond donors (Lipinski definition) is 2. The number of nitrogens with one attached hydrogen (secondary N) is 1. The molecule has 0 bridgehead atoms. The zero-order chi connectivity index (χ0) is 24.3. The third kappa shape index (κ3) is 7.15. The number of nitrogens with zero attached hydrogens (tertiary/aromatic N) is 1. The largest absolute Gasteiger partial charge is 0.483 e. The van der Waals surface area contributed by atoms with Crippen molar-refractivity contribution in [3.8, 4) is 5.75 Å². The Balaban J connectivity index is 1.60. The Kier molecular flexibility index (Phi) is 9.17. The van der Waals surface area contributed by atoms with E-state index in [0.717, 1.165) is 11.1 Å². The van der Waals surface area contributed by atoms with Crippen molar-refractivity contribution in [1.82, 2.24) is 10.2 Å². The van der Waals surface area contributed by atoms with E-state index >= 15 is 0 Å². The van der Waals surface area contributed by atoms with E-state index in [4.69, 9.17) is 4.74 Å². The molecular formula is C27H29FN2O4. The van der Waals surface area contributed by atoms with Crippen molar-refractivity contribution >= 4 is 11.8 Å². The fraction of sp³-hybridized carbons (Fsp3) is 0.259. The third-order valence-corrected chi connectivity index (χ3v) is 5.38. The summed E-state index contributed by atoms with van der Waals surface area (Å²) in [4.78, 5) is 26.8. The van der Waals surface area contributed by atoms with E-state index in [-0.39, 0.29) is 17.9 Å². The maximum absolute atomic E-state index is 14.6. The van der Waals surface area contributed by atoms with Crippen molar-refractivity contribution in [3.63, 3.8) is 0 Å². The van der Waals surface area contributed by atoms with Crippen LogP contribution in [-0.2, 0) is 17.6 Å². The van der Waals surface area contributed by atoms with Crippen LogP contribution in [0.3, 0.4) is 0 Å². The lowest BCUT2D eigenvalue weighted by Crippen LogP contribution is -2.41. The first-order valence-electron chi connectivity index (χ1n) is 11.1. The van der Waals surface area contributed by atoms with Crippen LogP contribution in [0.4, 0.5) is 4.39 Å². The number of rotatable bonds is 11. The molecule has 34 heavy (non-hydrogen) atoms. The zero-order valence-electron chi connectivity index (χ0n) is 19.1. The molecule has 0 aliphatic rings. The first-order valence-corrected chi connectivity index (χ1v) is 11.1. The van der Waals surface area contributed by atoms with Gasteiger partial charge in [0.25, 0.3) is 11.8 Å². The minimum Gasteiger partial charge on any atom is -0.483 e. The van der Waals surface area contributed by atoms with Crippen LogP contribution >= 0.6 is 0 Å². The normalized spacial score (nSPS) is 11.5. The number of likely N-dealkylation sites (N-methyl/N-ethyl adjacent to an activating group) is 1. The molecule has 0 fully saturated rings. The molecule has 0 radical (unpaired) electrons. The highest BCUT2D eigenvalue weighted by Gasteiger charge is 2.22. The van der Waals surface area contributed by atoms with Crippen LogP contribution in [0.25, 0.3) is 0 Å². The standard InChI is InChI=1S/C27H29FN2O4/c1-30(16-15-20-9-4-2-5-10-20)27(33)26-23(28)13-8-14-24(26)34-19-25(32)29-22(18-31)17-21-11-6-3-7-12-21/h2-14,22,31H,15-19H2,1H3,(H,29,32)/t22-/m0/s1. The predicted molar refractivity (Wildman–Crippen MR) is 128 cm³/mol. The third-order valence-electron chi connectivity index (χ3n) is 5.38. The van der Waals surface area contributed by atoms with E-state index < -0.39 is 30.3 Å². The van der Waals surface area contributed by atoms with Gasteiger partial charge in [-0.1, -0.05) is 66.7 Å². The summed E-state index contributed by atoms with van der Waals surface area (Å²) in [5, 5.41) is 12.3. The second-order valence-corrected chi connectivity index (χ2v) is 8.00. The lowest BCUT2D eigenvalue weighted by Gasteiger charge is -2.20. The monoisotopic (exact) mass is 464 g/mol. The van der Waals surface area contributed by atoms with Gasteiger partial charge in [0.2, 0.25) is 0 Å². The molecule has 2 amide bonds. The number of hydrogen-bond acceptors (Lipinski definition) is 4. The Bertz CT molecular complexity index is 1080. The number of carbonyl (C=O) groups is 2. The van der Waals surface area contributed by atoms with Crippen LogP contribution in [0.2, 0.25) is 0 Å². The topological polar surface area (TPSA) is 78.9 Å². The van der Waals surface area contributed by atoms with Crippen molar-refractivity contribution in [2.75, 3.05) is 26.8 Å². The molecule has 3 rings (SSSR count). The summed E-state index contributed by atoms with van der Waals surface area (Å²) in [6.45, 7) is -0.256. The minimum atomic E-state index is -0.716. The summed E-state index contributed by atoms with van der Waals surface area (Å²) >= 11 is 0. The lowest BCUT2D eigenvalue weighted by molar-refractivity contribution is -0.124. The Morgan fingerprint density at radius 2 is 1.62 bits per heavy atom. The van der Waals surface area contributed by atoms with Crippen molar-refractivity contribution < 1.29 is 23.8 Å². The number of halogens is 1. The van der Waals surface area contributed by atoms with Crippen molar-refractivity contribution in [1.29, 1.82) is 0 Å². The average Bonchev–Trinajstić information content (AvgIpc) is 2.86. The Morgan fingerprint density at radius 1 is 0.971 bits per heavy atom. The van der Waals surface area contributed by atoms with Gasteiger partial charge in [-0.3, -0.25) is 9.59 Å². The van der Waals surface area contributed by atoms with Crippen LogP contribution in [0.15, 0.2) is 78.9 Å². The molecule has 3 aromatic rings. The van der Waals surface area contributed by atoms with Gasteiger partial charge in [-0.2, -0.15) is 0 Å². The van der Waals surface area contributed by atoms with Gasteiger partial charge in [-0.25, -0.2) is 4.39 Å². The molecule has 0 spiro atoms. The zero-order valence-corrected chi connectivity index (χ0v) is 19.1. The Labute approximate surface area is 199 Å². The summed E-state index contributed by atoms with van der Waals surface area (Å²) in [7, 11) is 1.60. The molecular weight excluding hydrogens is 435 g/mol. The second kappa shape index (κ2) is 12.5. The minimum absolute atomic E-state index is 0.00433. The predicted octanol–water partition coefficient (Wildman–Crippen LogP) is 3.24. The molecule has 0 unspecified atom stereocenters. The molecule has 1 atom stereocenters. The number of carbonyl (C=O) groups excluding carboxylic acids is 2. The molecule has 0 saturated heterocycles. The van der Waals surface area contributed by atoms with Crippen LogP contribution in [0.5, 0.6) is 5.75 Å². The molecule has 0 aromatic heterocycles. The number of benzene rings is 3. The first kappa shape index (κ1) is 24.9. The average molecular weight is 465 g/mol. The number of aliphatic hydroxyl groups is 1. The molecule has 3 aromatic carbocycles. The molecule has 0 saturated carbocycles. The fourth-order valence-electron chi connectivity index (χ4n) is 3.54. The van der Waals surface area contributed by atoms with Gasteiger partial charge in [0, 0.05) is 13.6 Å². The first-order chi connectivity index (χ1) is 16.5.